The smallest absolute Gasteiger partial charge is 0.254 e. The molecule has 0 radical (unpaired) electrons. The van der Waals surface area contributed by atoms with Crippen LogP contribution in [-0.2, 0) is 4.79 Å². The summed E-state index contributed by atoms with van der Waals surface area (Å²) in [6, 6.07) is 16.5. The maximum Gasteiger partial charge on any atom is 0.254 e. The molecule has 3 saturated heterocycles. The number of fused-ring (bicyclic) bond motifs is 1. The first-order valence-electron chi connectivity index (χ1n) is 14.1. The maximum atomic E-state index is 13.3. The van der Waals surface area contributed by atoms with Crippen LogP contribution >= 0.6 is 0 Å². The Kier molecular flexibility index (Phi) is 8.26. The van der Waals surface area contributed by atoms with Crippen molar-refractivity contribution in [2.24, 2.45) is 11.8 Å². The number of nitrogens with zero attached hydrogens (tertiary/aromatic N) is 3. The first kappa shape index (κ1) is 25.9. The zero-order valence-electron chi connectivity index (χ0n) is 22.5. The third-order valence-electron chi connectivity index (χ3n) is 8.63. The fraction of sp³-hybridized carbons (Fsp3) is 0.548. The average molecular weight is 503 g/mol. The summed E-state index contributed by atoms with van der Waals surface area (Å²) in [7, 11) is 0. The zero-order chi connectivity index (χ0) is 25.8. The van der Waals surface area contributed by atoms with Crippen molar-refractivity contribution in [1.29, 1.82) is 0 Å². The molecule has 0 bridgehead atoms. The summed E-state index contributed by atoms with van der Waals surface area (Å²) in [5.41, 5.74) is 4.19. The Balaban J connectivity index is 1.15. The Bertz CT molecular complexity index is 1050. The minimum absolute atomic E-state index is 0.0287. The van der Waals surface area contributed by atoms with E-state index in [0.717, 1.165) is 68.9 Å². The molecule has 0 spiro atoms. The number of hydrogen-bond donors (Lipinski definition) is 1. The molecule has 1 N–H and O–H groups in total. The number of piperidine rings is 1. The monoisotopic (exact) mass is 502 g/mol. The highest BCUT2D eigenvalue weighted by atomic mass is 16.2. The molecule has 3 aliphatic rings. The van der Waals surface area contributed by atoms with Gasteiger partial charge >= 0.3 is 0 Å². The molecular formula is C31H42N4O2. The Morgan fingerprint density at radius 3 is 2.14 bits per heavy atom. The van der Waals surface area contributed by atoms with Crippen LogP contribution in [0.4, 0.5) is 0 Å². The minimum Gasteiger partial charge on any atom is -0.348 e. The molecule has 3 fully saturated rings. The molecule has 2 aromatic rings. The Hall–Kier alpha value is -2.70. The lowest BCUT2D eigenvalue weighted by molar-refractivity contribution is -0.123. The van der Waals surface area contributed by atoms with Gasteiger partial charge in [0.25, 0.3) is 5.91 Å². The van der Waals surface area contributed by atoms with Gasteiger partial charge in [0.1, 0.15) is 0 Å². The molecule has 5 rings (SSSR count). The topological polar surface area (TPSA) is 55.9 Å². The molecule has 2 unspecified atom stereocenters. The summed E-state index contributed by atoms with van der Waals surface area (Å²) in [5, 5.41) is 3.35. The second-order valence-corrected chi connectivity index (χ2v) is 11.4. The van der Waals surface area contributed by atoms with Gasteiger partial charge in [-0.2, -0.15) is 0 Å². The van der Waals surface area contributed by atoms with Crippen molar-refractivity contribution < 1.29 is 9.59 Å². The summed E-state index contributed by atoms with van der Waals surface area (Å²) in [5.74, 6) is 1.40. The van der Waals surface area contributed by atoms with Crippen LogP contribution in [0.1, 0.15) is 58.8 Å². The van der Waals surface area contributed by atoms with Crippen LogP contribution in [0.5, 0.6) is 0 Å². The molecule has 0 saturated carbocycles. The molecule has 0 aliphatic carbocycles. The second kappa shape index (κ2) is 11.8. The Labute approximate surface area is 222 Å². The standard InChI is InChI=1S/C31H42N4O2/c1-23-10-9-11-24(2)30(23)31(37)35-20-26-18-34(19-27(26)21-35)17-14-28(25-12-5-3-6-13-25)32-29(36)22-33-15-7-4-8-16-33/h3,5-6,9-13,26-28H,4,7-8,14-22H2,1-2H3,(H,32,36)/t26?,27?,28-/m0/s1. The van der Waals surface area contributed by atoms with Crippen molar-refractivity contribution >= 4 is 11.8 Å². The van der Waals surface area contributed by atoms with E-state index < -0.39 is 0 Å². The Morgan fingerprint density at radius 1 is 0.838 bits per heavy atom. The first-order valence-corrected chi connectivity index (χ1v) is 14.1. The number of carbonyl (C=O) groups is 2. The second-order valence-electron chi connectivity index (χ2n) is 11.4. The van der Waals surface area contributed by atoms with Crippen LogP contribution in [0, 0.1) is 25.7 Å². The minimum atomic E-state index is 0.0287. The number of amides is 2. The molecule has 6 nitrogen and oxygen atoms in total. The molecule has 6 heteroatoms. The quantitative estimate of drug-likeness (QED) is 0.592. The normalized spacial score (nSPS) is 23.1. The van der Waals surface area contributed by atoms with E-state index >= 15 is 0 Å². The molecule has 2 aromatic carbocycles. The lowest BCUT2D eigenvalue weighted by Gasteiger charge is -2.28. The third-order valence-corrected chi connectivity index (χ3v) is 8.63. The van der Waals surface area contributed by atoms with E-state index in [2.05, 4.69) is 44.3 Å². The highest BCUT2D eigenvalue weighted by Gasteiger charge is 2.42. The van der Waals surface area contributed by atoms with Gasteiger partial charge in [0.15, 0.2) is 0 Å². The van der Waals surface area contributed by atoms with E-state index in [1.807, 2.05) is 38.1 Å². The van der Waals surface area contributed by atoms with E-state index in [-0.39, 0.29) is 17.9 Å². The van der Waals surface area contributed by atoms with Gasteiger partial charge in [0, 0.05) is 38.3 Å². The first-order chi connectivity index (χ1) is 18.0. The number of carbonyl (C=O) groups excluding carboxylic acids is 2. The van der Waals surface area contributed by atoms with Crippen LogP contribution in [0.15, 0.2) is 48.5 Å². The van der Waals surface area contributed by atoms with Gasteiger partial charge in [-0.1, -0.05) is 55.0 Å². The van der Waals surface area contributed by atoms with Crippen LogP contribution in [0.25, 0.3) is 0 Å². The van der Waals surface area contributed by atoms with Crippen LogP contribution in [0.2, 0.25) is 0 Å². The number of benzene rings is 2. The number of likely N-dealkylation sites (tertiary alicyclic amines) is 3. The lowest BCUT2D eigenvalue weighted by Crippen LogP contribution is -2.41. The van der Waals surface area contributed by atoms with Gasteiger partial charge < -0.3 is 15.1 Å². The molecule has 0 aromatic heterocycles. The van der Waals surface area contributed by atoms with Crippen molar-refractivity contribution in [3.8, 4) is 0 Å². The van der Waals surface area contributed by atoms with E-state index in [9.17, 15) is 9.59 Å². The molecule has 37 heavy (non-hydrogen) atoms. The summed E-state index contributed by atoms with van der Waals surface area (Å²) in [6.07, 6.45) is 4.57. The lowest BCUT2D eigenvalue weighted by atomic mass is 10.0. The highest BCUT2D eigenvalue weighted by molar-refractivity contribution is 5.97. The summed E-state index contributed by atoms with van der Waals surface area (Å²) in [6.45, 7) is 11.4. The van der Waals surface area contributed by atoms with Gasteiger partial charge in [-0.25, -0.2) is 0 Å². The predicted molar refractivity (Wildman–Crippen MR) is 147 cm³/mol. The van der Waals surface area contributed by atoms with Gasteiger partial charge in [-0.05, 0) is 74.7 Å². The summed E-state index contributed by atoms with van der Waals surface area (Å²) < 4.78 is 0. The van der Waals surface area contributed by atoms with Crippen molar-refractivity contribution in [2.75, 3.05) is 52.4 Å². The molecule has 3 heterocycles. The van der Waals surface area contributed by atoms with Crippen LogP contribution in [0.3, 0.4) is 0 Å². The number of hydrogen-bond acceptors (Lipinski definition) is 4. The van der Waals surface area contributed by atoms with Crippen molar-refractivity contribution in [3.63, 3.8) is 0 Å². The van der Waals surface area contributed by atoms with Crippen LogP contribution < -0.4 is 5.32 Å². The number of aryl methyl sites for hydroxylation is 2. The van der Waals surface area contributed by atoms with E-state index in [4.69, 9.17) is 0 Å². The van der Waals surface area contributed by atoms with E-state index in [1.54, 1.807) is 0 Å². The van der Waals surface area contributed by atoms with Crippen LogP contribution in [-0.4, -0.2) is 78.9 Å². The van der Waals surface area contributed by atoms with Gasteiger partial charge in [-0.3, -0.25) is 14.5 Å². The SMILES string of the molecule is Cc1cccc(C)c1C(=O)N1CC2CN(CC[C@H](NC(=O)CN3CCCCC3)c3ccccc3)CC2C1. The maximum absolute atomic E-state index is 13.3. The molecule has 2 amide bonds. The highest BCUT2D eigenvalue weighted by Crippen LogP contribution is 2.33. The molecule has 3 aliphatic heterocycles. The van der Waals surface area contributed by atoms with Gasteiger partial charge in [0.05, 0.1) is 12.6 Å². The third kappa shape index (κ3) is 6.24. The molecular weight excluding hydrogens is 460 g/mol. The average Bonchev–Trinajstić information content (AvgIpc) is 3.47. The van der Waals surface area contributed by atoms with Crippen molar-refractivity contribution in [3.05, 3.63) is 70.8 Å². The van der Waals surface area contributed by atoms with Gasteiger partial charge in [0.2, 0.25) is 5.91 Å². The van der Waals surface area contributed by atoms with Crippen molar-refractivity contribution in [2.45, 2.75) is 45.6 Å². The Morgan fingerprint density at radius 2 is 1.49 bits per heavy atom. The number of nitrogens with one attached hydrogen (secondary N) is 1. The number of rotatable bonds is 8. The largest absolute Gasteiger partial charge is 0.348 e. The fourth-order valence-corrected chi connectivity index (χ4v) is 6.63. The van der Waals surface area contributed by atoms with E-state index in [1.165, 1.54) is 24.8 Å². The van der Waals surface area contributed by atoms with Gasteiger partial charge in [-0.15, -0.1) is 0 Å². The predicted octanol–water partition coefficient (Wildman–Crippen LogP) is 4.04. The zero-order valence-corrected chi connectivity index (χ0v) is 22.5. The summed E-state index contributed by atoms with van der Waals surface area (Å²) >= 11 is 0. The van der Waals surface area contributed by atoms with Crippen molar-refractivity contribution in [1.82, 2.24) is 20.0 Å². The molecule has 3 atom stereocenters. The fourth-order valence-electron chi connectivity index (χ4n) is 6.63. The summed E-state index contributed by atoms with van der Waals surface area (Å²) in [4.78, 5) is 33.1. The van der Waals surface area contributed by atoms with E-state index in [0.29, 0.717) is 18.4 Å². The molecule has 198 valence electrons.